The number of hydrogen-bond acceptors (Lipinski definition) is 6. The molecule has 0 radical (unpaired) electrons. The summed E-state index contributed by atoms with van der Waals surface area (Å²) in [6.07, 6.45) is 2.11. The maximum atomic E-state index is 13.5. The smallest absolute Gasteiger partial charge is 0.328 e. The SMILES string of the molecule is COC(=O)[C@H](CC(C)C)NC(=O)/C(=C\c1ccccc1)NC(=O)[C@@H]1CCCN1C(=O)[C@@H]1O[C@H]1c1ccccc1. The zero-order valence-corrected chi connectivity index (χ0v) is 22.5. The molecule has 4 rings (SSSR count). The number of benzene rings is 2. The molecule has 2 aliphatic heterocycles. The minimum Gasteiger partial charge on any atom is -0.467 e. The van der Waals surface area contributed by atoms with Crippen molar-refractivity contribution >= 4 is 29.8 Å². The number of amides is 3. The maximum Gasteiger partial charge on any atom is 0.328 e. The number of nitrogens with zero attached hydrogens (tertiary/aromatic N) is 1. The van der Waals surface area contributed by atoms with Gasteiger partial charge in [0.05, 0.1) is 7.11 Å². The molecular weight excluding hydrogens is 498 g/mol. The molecule has 0 aromatic heterocycles. The van der Waals surface area contributed by atoms with E-state index in [0.29, 0.717) is 31.4 Å². The molecule has 2 saturated heterocycles. The predicted molar refractivity (Wildman–Crippen MR) is 145 cm³/mol. The summed E-state index contributed by atoms with van der Waals surface area (Å²) >= 11 is 0. The Labute approximate surface area is 228 Å². The van der Waals surface area contributed by atoms with Gasteiger partial charge in [0.15, 0.2) is 6.10 Å². The Morgan fingerprint density at radius 3 is 2.36 bits per heavy atom. The molecule has 9 nitrogen and oxygen atoms in total. The number of hydrogen-bond donors (Lipinski definition) is 2. The molecule has 206 valence electrons. The van der Waals surface area contributed by atoms with Crippen molar-refractivity contribution in [2.75, 3.05) is 13.7 Å². The molecule has 0 spiro atoms. The number of likely N-dealkylation sites (tertiary alicyclic amines) is 1. The number of nitrogens with one attached hydrogen (secondary N) is 2. The van der Waals surface area contributed by atoms with Crippen molar-refractivity contribution in [3.05, 3.63) is 77.5 Å². The fraction of sp³-hybridized carbons (Fsp3) is 0.400. The van der Waals surface area contributed by atoms with Crippen LogP contribution in [0.25, 0.3) is 6.08 Å². The van der Waals surface area contributed by atoms with Gasteiger partial charge in [0.25, 0.3) is 11.8 Å². The summed E-state index contributed by atoms with van der Waals surface area (Å²) in [5.74, 6) is -1.76. The summed E-state index contributed by atoms with van der Waals surface area (Å²) < 4.78 is 10.5. The lowest BCUT2D eigenvalue weighted by molar-refractivity contribution is -0.145. The fourth-order valence-corrected chi connectivity index (χ4v) is 4.82. The normalized spacial score (nSPS) is 21.3. The van der Waals surface area contributed by atoms with Gasteiger partial charge in [-0.15, -0.1) is 0 Å². The van der Waals surface area contributed by atoms with Crippen LogP contribution in [0, 0.1) is 5.92 Å². The number of carbonyl (C=O) groups excluding carboxylic acids is 4. The summed E-state index contributed by atoms with van der Waals surface area (Å²) in [5, 5.41) is 5.44. The van der Waals surface area contributed by atoms with Crippen molar-refractivity contribution in [3.63, 3.8) is 0 Å². The second-order valence-corrected chi connectivity index (χ2v) is 10.2. The first-order chi connectivity index (χ1) is 18.8. The lowest BCUT2D eigenvalue weighted by Gasteiger charge is -2.24. The highest BCUT2D eigenvalue weighted by Gasteiger charge is 2.50. The molecule has 2 aromatic carbocycles. The van der Waals surface area contributed by atoms with Crippen LogP contribution in [0.4, 0.5) is 0 Å². The van der Waals surface area contributed by atoms with Crippen LogP contribution in [-0.2, 0) is 28.7 Å². The van der Waals surface area contributed by atoms with Crippen LogP contribution in [-0.4, -0.2) is 60.4 Å². The Kier molecular flexibility index (Phi) is 9.14. The van der Waals surface area contributed by atoms with E-state index < -0.39 is 36.0 Å². The number of esters is 1. The first kappa shape index (κ1) is 28.0. The second kappa shape index (κ2) is 12.7. The Bertz CT molecular complexity index is 1210. The van der Waals surface area contributed by atoms with Crippen LogP contribution < -0.4 is 10.6 Å². The fourth-order valence-electron chi connectivity index (χ4n) is 4.82. The van der Waals surface area contributed by atoms with E-state index in [1.54, 1.807) is 18.2 Å². The number of methoxy groups -OCH3 is 1. The minimum absolute atomic E-state index is 0.0204. The predicted octanol–water partition coefficient (Wildman–Crippen LogP) is 2.98. The number of carbonyl (C=O) groups is 4. The molecular formula is C30H35N3O6. The molecule has 4 atom stereocenters. The van der Waals surface area contributed by atoms with Crippen LogP contribution in [0.15, 0.2) is 66.4 Å². The van der Waals surface area contributed by atoms with E-state index in [1.165, 1.54) is 12.0 Å². The standard InChI is InChI=1S/C30H35N3O6/c1-19(2)17-23(30(37)38-3)32-27(34)22(18-20-11-6-4-7-12-20)31-28(35)24-15-10-16-33(24)29(36)26-25(39-26)21-13-8-5-9-14-21/h4-9,11-14,18-19,23-26H,10,15-17H2,1-3H3,(H,31,35)(H,32,34)/b22-18+/t23-,24-,25-,26+/m0/s1. The summed E-state index contributed by atoms with van der Waals surface area (Å²) in [6, 6.07) is 17.0. The lowest BCUT2D eigenvalue weighted by Crippen LogP contribution is -2.50. The minimum atomic E-state index is -0.870. The average Bonchev–Trinajstić information content (AvgIpc) is 3.59. The van der Waals surface area contributed by atoms with Crippen LogP contribution >= 0.6 is 0 Å². The summed E-state index contributed by atoms with van der Waals surface area (Å²) in [6.45, 7) is 4.30. The maximum absolute atomic E-state index is 13.5. The molecule has 0 aliphatic carbocycles. The largest absolute Gasteiger partial charge is 0.467 e. The van der Waals surface area contributed by atoms with E-state index in [2.05, 4.69) is 10.6 Å². The molecule has 2 N–H and O–H groups in total. The summed E-state index contributed by atoms with van der Waals surface area (Å²) in [7, 11) is 1.27. The Morgan fingerprint density at radius 2 is 1.72 bits per heavy atom. The molecule has 2 aromatic rings. The zero-order valence-electron chi connectivity index (χ0n) is 22.5. The zero-order chi connectivity index (χ0) is 27.9. The summed E-state index contributed by atoms with van der Waals surface area (Å²) in [4.78, 5) is 53.9. The first-order valence-electron chi connectivity index (χ1n) is 13.3. The van der Waals surface area contributed by atoms with Gasteiger partial charge in [-0.1, -0.05) is 74.5 Å². The van der Waals surface area contributed by atoms with Gasteiger partial charge in [-0.05, 0) is 42.4 Å². The third kappa shape index (κ3) is 7.11. The molecule has 0 saturated carbocycles. The van der Waals surface area contributed by atoms with Crippen LogP contribution in [0.1, 0.15) is 50.3 Å². The van der Waals surface area contributed by atoms with E-state index in [4.69, 9.17) is 9.47 Å². The molecule has 2 fully saturated rings. The molecule has 2 aliphatic rings. The first-order valence-corrected chi connectivity index (χ1v) is 13.3. The van der Waals surface area contributed by atoms with Crippen LogP contribution in [0.5, 0.6) is 0 Å². The number of ether oxygens (including phenoxy) is 2. The highest BCUT2D eigenvalue weighted by atomic mass is 16.6. The molecule has 3 amide bonds. The molecule has 0 unspecified atom stereocenters. The van der Waals surface area contributed by atoms with E-state index in [1.807, 2.05) is 62.4 Å². The number of rotatable bonds is 10. The van der Waals surface area contributed by atoms with Crippen LogP contribution in [0.2, 0.25) is 0 Å². The van der Waals surface area contributed by atoms with Gasteiger partial charge in [-0.3, -0.25) is 14.4 Å². The molecule has 9 heteroatoms. The van der Waals surface area contributed by atoms with Crippen molar-refractivity contribution in [1.82, 2.24) is 15.5 Å². The topological polar surface area (TPSA) is 117 Å². The third-order valence-corrected chi connectivity index (χ3v) is 6.81. The monoisotopic (exact) mass is 533 g/mol. The van der Waals surface area contributed by atoms with E-state index in [9.17, 15) is 19.2 Å². The quantitative estimate of drug-likeness (QED) is 0.276. The van der Waals surface area contributed by atoms with E-state index >= 15 is 0 Å². The Morgan fingerprint density at radius 1 is 1.05 bits per heavy atom. The van der Waals surface area contributed by atoms with Crippen LogP contribution in [0.3, 0.4) is 0 Å². The van der Waals surface area contributed by atoms with Crippen molar-refractivity contribution < 1.29 is 28.7 Å². The third-order valence-electron chi connectivity index (χ3n) is 6.81. The van der Waals surface area contributed by atoms with Gasteiger partial charge < -0.3 is 25.0 Å². The highest BCUT2D eigenvalue weighted by molar-refractivity contribution is 6.04. The average molecular weight is 534 g/mol. The van der Waals surface area contributed by atoms with Gasteiger partial charge in [0.1, 0.15) is 23.9 Å². The van der Waals surface area contributed by atoms with Gasteiger partial charge >= 0.3 is 5.97 Å². The lowest BCUT2D eigenvalue weighted by atomic mass is 10.0. The van der Waals surface area contributed by atoms with Crippen molar-refractivity contribution in [2.24, 2.45) is 5.92 Å². The number of epoxide rings is 1. The van der Waals surface area contributed by atoms with Gasteiger partial charge in [-0.2, -0.15) is 0 Å². The van der Waals surface area contributed by atoms with Crippen molar-refractivity contribution in [3.8, 4) is 0 Å². The highest BCUT2D eigenvalue weighted by Crippen LogP contribution is 2.40. The second-order valence-electron chi connectivity index (χ2n) is 10.2. The molecule has 39 heavy (non-hydrogen) atoms. The Balaban J connectivity index is 1.49. The summed E-state index contributed by atoms with van der Waals surface area (Å²) in [5.41, 5.74) is 1.59. The van der Waals surface area contributed by atoms with E-state index in [-0.39, 0.29) is 23.6 Å². The van der Waals surface area contributed by atoms with Gasteiger partial charge in [-0.25, -0.2) is 4.79 Å². The van der Waals surface area contributed by atoms with E-state index in [0.717, 1.165) is 5.56 Å². The van der Waals surface area contributed by atoms with Crippen molar-refractivity contribution in [1.29, 1.82) is 0 Å². The van der Waals surface area contributed by atoms with Gasteiger partial charge in [0.2, 0.25) is 5.91 Å². The molecule has 2 heterocycles. The Hall–Kier alpha value is -3.98. The van der Waals surface area contributed by atoms with Crippen molar-refractivity contribution in [2.45, 2.75) is 57.4 Å². The van der Waals surface area contributed by atoms with Gasteiger partial charge in [0, 0.05) is 6.54 Å². The molecule has 0 bridgehead atoms.